The molecule has 4 heteroatoms. The fraction of sp³-hybridized carbons (Fsp3) is 0.182. The zero-order valence-electron chi connectivity index (χ0n) is 8.33. The largest absolute Gasteiger partial charge is 0.512 e. The van der Waals surface area contributed by atoms with E-state index >= 15 is 0 Å². The number of rotatable bonds is 3. The first-order valence-electron chi connectivity index (χ1n) is 4.47. The highest BCUT2D eigenvalue weighted by atomic mass is 19.1. The molecule has 1 rings (SSSR count). The number of nitrogens with one attached hydrogen (secondary N) is 1. The molecule has 0 saturated heterocycles. The highest BCUT2D eigenvalue weighted by molar-refractivity contribution is 5.87. The van der Waals surface area contributed by atoms with Crippen LogP contribution < -0.4 is 5.32 Å². The number of halogens is 1. The van der Waals surface area contributed by atoms with Gasteiger partial charge in [-0.05, 0) is 24.6 Å². The highest BCUT2D eigenvalue weighted by Gasteiger charge is 1.98. The third-order valence-corrected chi connectivity index (χ3v) is 1.72. The van der Waals surface area contributed by atoms with E-state index in [0.29, 0.717) is 6.54 Å². The molecule has 1 aromatic rings. The summed E-state index contributed by atoms with van der Waals surface area (Å²) in [4.78, 5) is 11.1. The van der Waals surface area contributed by atoms with Crippen molar-refractivity contribution in [1.82, 2.24) is 5.32 Å². The Hall–Kier alpha value is -1.84. The molecule has 1 amide bonds. The fourth-order valence-electron chi connectivity index (χ4n) is 1.03. The minimum Gasteiger partial charge on any atom is -0.512 e. The minimum absolute atomic E-state index is 0.0494. The average molecular weight is 209 g/mol. The van der Waals surface area contributed by atoms with Gasteiger partial charge in [0.25, 0.3) is 0 Å². The molecule has 0 atom stereocenters. The number of carbonyl (C=O) groups excluding carboxylic acids is 1. The maximum absolute atomic E-state index is 12.5. The van der Waals surface area contributed by atoms with Crippen molar-refractivity contribution in [2.45, 2.75) is 13.5 Å². The van der Waals surface area contributed by atoms with Gasteiger partial charge in [-0.15, -0.1) is 0 Å². The molecule has 2 N–H and O–H groups in total. The van der Waals surface area contributed by atoms with Gasteiger partial charge in [0.1, 0.15) is 5.82 Å². The first kappa shape index (κ1) is 11.2. The summed E-state index contributed by atoms with van der Waals surface area (Å²) in [5.41, 5.74) is 0.800. The molecule has 0 saturated carbocycles. The summed E-state index contributed by atoms with van der Waals surface area (Å²) in [6.07, 6.45) is 1.09. The van der Waals surface area contributed by atoms with Crippen LogP contribution in [-0.2, 0) is 11.3 Å². The van der Waals surface area contributed by atoms with E-state index in [-0.39, 0.29) is 17.5 Å². The lowest BCUT2D eigenvalue weighted by molar-refractivity contribution is -0.116. The normalized spacial score (nSPS) is 11.2. The summed E-state index contributed by atoms with van der Waals surface area (Å²) < 4.78 is 12.5. The molecular weight excluding hydrogens is 197 g/mol. The molecule has 0 spiro atoms. The molecule has 0 aliphatic heterocycles. The lowest BCUT2D eigenvalue weighted by Crippen LogP contribution is -2.20. The molecule has 1 aromatic carbocycles. The molecule has 0 aromatic heterocycles. The molecule has 3 nitrogen and oxygen atoms in total. The van der Waals surface area contributed by atoms with Gasteiger partial charge in [-0.1, -0.05) is 12.1 Å². The lowest BCUT2D eigenvalue weighted by Gasteiger charge is -2.02. The number of benzene rings is 1. The van der Waals surface area contributed by atoms with Crippen LogP contribution in [0, 0.1) is 5.82 Å². The van der Waals surface area contributed by atoms with E-state index in [0.717, 1.165) is 11.6 Å². The highest BCUT2D eigenvalue weighted by Crippen LogP contribution is 2.01. The van der Waals surface area contributed by atoms with E-state index in [2.05, 4.69) is 5.32 Å². The van der Waals surface area contributed by atoms with Crippen LogP contribution in [0.4, 0.5) is 4.39 Å². The molecule has 15 heavy (non-hydrogen) atoms. The van der Waals surface area contributed by atoms with E-state index in [1.807, 2.05) is 0 Å². The van der Waals surface area contributed by atoms with E-state index < -0.39 is 0 Å². The van der Waals surface area contributed by atoms with Crippen LogP contribution in [0.2, 0.25) is 0 Å². The van der Waals surface area contributed by atoms with Crippen LogP contribution in [0.15, 0.2) is 36.1 Å². The Morgan fingerprint density at radius 3 is 2.60 bits per heavy atom. The molecule has 0 fully saturated rings. The Kier molecular flexibility index (Phi) is 3.85. The van der Waals surface area contributed by atoms with E-state index in [4.69, 9.17) is 5.11 Å². The predicted octanol–water partition coefficient (Wildman–Crippen LogP) is 1.90. The molecule has 0 bridgehead atoms. The summed E-state index contributed by atoms with van der Waals surface area (Å²) in [6, 6.07) is 5.83. The average Bonchev–Trinajstić information content (AvgIpc) is 2.16. The predicted molar refractivity (Wildman–Crippen MR) is 54.6 cm³/mol. The van der Waals surface area contributed by atoms with Crippen molar-refractivity contribution in [2.75, 3.05) is 0 Å². The van der Waals surface area contributed by atoms with Crippen LogP contribution in [-0.4, -0.2) is 11.0 Å². The van der Waals surface area contributed by atoms with Gasteiger partial charge in [0, 0.05) is 12.6 Å². The number of carbonyl (C=O) groups is 1. The number of hydrogen-bond donors (Lipinski definition) is 2. The van der Waals surface area contributed by atoms with Gasteiger partial charge in [-0.25, -0.2) is 4.39 Å². The van der Waals surface area contributed by atoms with Gasteiger partial charge < -0.3 is 10.4 Å². The van der Waals surface area contributed by atoms with Crippen LogP contribution in [0.5, 0.6) is 0 Å². The monoisotopic (exact) mass is 209 g/mol. The summed E-state index contributed by atoms with van der Waals surface area (Å²) >= 11 is 0. The minimum atomic E-state index is -0.376. The van der Waals surface area contributed by atoms with Gasteiger partial charge >= 0.3 is 0 Å². The standard InChI is InChI=1S/C11H12FNO2/c1-8(14)6-11(15)13-7-9-2-4-10(12)5-3-9/h2-6,14H,7H2,1H3,(H,13,15)/b8-6-. The maximum Gasteiger partial charge on any atom is 0.247 e. The topological polar surface area (TPSA) is 49.3 Å². The van der Waals surface area contributed by atoms with Crippen molar-refractivity contribution in [2.24, 2.45) is 0 Å². The van der Waals surface area contributed by atoms with E-state index in [1.54, 1.807) is 12.1 Å². The molecule has 0 heterocycles. The third kappa shape index (κ3) is 4.26. The first-order valence-corrected chi connectivity index (χ1v) is 4.47. The molecule has 0 aliphatic rings. The van der Waals surface area contributed by atoms with Gasteiger partial charge in [-0.3, -0.25) is 4.79 Å². The summed E-state index contributed by atoms with van der Waals surface area (Å²) in [5, 5.41) is 11.4. The number of aliphatic hydroxyl groups is 1. The fourth-order valence-corrected chi connectivity index (χ4v) is 1.03. The second-order valence-electron chi connectivity index (χ2n) is 3.13. The molecule has 80 valence electrons. The third-order valence-electron chi connectivity index (χ3n) is 1.72. The smallest absolute Gasteiger partial charge is 0.247 e. The second kappa shape index (κ2) is 5.14. The summed E-state index contributed by atoms with van der Waals surface area (Å²) in [6.45, 7) is 1.72. The number of hydrogen-bond acceptors (Lipinski definition) is 2. The zero-order chi connectivity index (χ0) is 11.3. The Bertz CT molecular complexity index is 367. The van der Waals surface area contributed by atoms with Gasteiger partial charge in [0.05, 0.1) is 5.76 Å². The quantitative estimate of drug-likeness (QED) is 0.590. The second-order valence-corrected chi connectivity index (χ2v) is 3.13. The zero-order valence-corrected chi connectivity index (χ0v) is 8.33. The number of allylic oxidation sites excluding steroid dienone is 1. The Morgan fingerprint density at radius 1 is 1.47 bits per heavy atom. The SMILES string of the molecule is C/C(O)=C/C(=O)NCc1ccc(F)cc1. The van der Waals surface area contributed by atoms with Crippen molar-refractivity contribution >= 4 is 5.91 Å². The number of amides is 1. The molecule has 0 radical (unpaired) electrons. The molecular formula is C11H12FNO2. The summed E-state index contributed by atoms with van der Waals surface area (Å²) in [7, 11) is 0. The van der Waals surface area contributed by atoms with Crippen molar-refractivity contribution in [1.29, 1.82) is 0 Å². The van der Waals surface area contributed by atoms with Crippen molar-refractivity contribution in [3.05, 3.63) is 47.5 Å². The Morgan fingerprint density at radius 2 is 2.07 bits per heavy atom. The Balaban J connectivity index is 2.47. The van der Waals surface area contributed by atoms with Gasteiger partial charge in [0.15, 0.2) is 0 Å². The molecule has 0 aliphatic carbocycles. The maximum atomic E-state index is 12.5. The van der Waals surface area contributed by atoms with Crippen molar-refractivity contribution < 1.29 is 14.3 Å². The van der Waals surface area contributed by atoms with Crippen molar-refractivity contribution in [3.63, 3.8) is 0 Å². The lowest BCUT2D eigenvalue weighted by atomic mass is 10.2. The Labute approximate surface area is 87.2 Å². The first-order chi connectivity index (χ1) is 7.08. The van der Waals surface area contributed by atoms with Gasteiger partial charge in [0.2, 0.25) is 5.91 Å². The van der Waals surface area contributed by atoms with Crippen LogP contribution in [0.25, 0.3) is 0 Å². The van der Waals surface area contributed by atoms with E-state index in [9.17, 15) is 9.18 Å². The van der Waals surface area contributed by atoms with Crippen LogP contribution in [0.1, 0.15) is 12.5 Å². The van der Waals surface area contributed by atoms with Crippen molar-refractivity contribution in [3.8, 4) is 0 Å². The molecule has 0 unspecified atom stereocenters. The van der Waals surface area contributed by atoms with Crippen LogP contribution >= 0.6 is 0 Å². The van der Waals surface area contributed by atoms with Gasteiger partial charge in [-0.2, -0.15) is 0 Å². The summed E-state index contributed by atoms with van der Waals surface area (Å²) in [5.74, 6) is -0.734. The van der Waals surface area contributed by atoms with Crippen LogP contribution in [0.3, 0.4) is 0 Å². The number of aliphatic hydroxyl groups excluding tert-OH is 1. The van der Waals surface area contributed by atoms with E-state index in [1.165, 1.54) is 19.1 Å².